The number of ether oxygens (including phenoxy) is 1. The van der Waals surface area contributed by atoms with E-state index in [0.29, 0.717) is 0 Å². The highest BCUT2D eigenvalue weighted by Crippen LogP contribution is 2.26. The molecule has 1 aromatic carbocycles. The Labute approximate surface area is 109 Å². The molecule has 0 aliphatic heterocycles. The first-order chi connectivity index (χ1) is 9.00. The van der Waals surface area contributed by atoms with Crippen LogP contribution in [0.1, 0.15) is 16.8 Å². The molecule has 0 radical (unpaired) electrons. The Kier molecular flexibility index (Phi) is 4.14. The van der Waals surface area contributed by atoms with Crippen LogP contribution in [0.25, 0.3) is 0 Å². The highest BCUT2D eigenvalue weighted by Gasteiger charge is 2.46. The van der Waals surface area contributed by atoms with Crippen molar-refractivity contribution in [3.63, 3.8) is 0 Å². The molecule has 1 aliphatic rings. The molecule has 2 rings (SSSR count). The summed E-state index contributed by atoms with van der Waals surface area (Å²) in [5.74, 6) is -0.811. The lowest BCUT2D eigenvalue weighted by Crippen LogP contribution is -2.55. The molecule has 1 aromatic rings. The minimum atomic E-state index is -1.92. The second kappa shape index (κ2) is 5.64. The summed E-state index contributed by atoms with van der Waals surface area (Å²) in [5.41, 5.74) is 0.205. The summed E-state index contributed by atoms with van der Waals surface area (Å²) in [6, 6.07) is 7.90. The van der Waals surface area contributed by atoms with Gasteiger partial charge >= 0.3 is 5.97 Å². The Morgan fingerprint density at radius 3 is 2.42 bits per heavy atom. The molecule has 5 atom stereocenters. The van der Waals surface area contributed by atoms with Crippen molar-refractivity contribution < 1.29 is 29.2 Å². The normalized spacial score (nSPS) is 34.8. The zero-order chi connectivity index (χ0) is 14.0. The van der Waals surface area contributed by atoms with E-state index in [4.69, 9.17) is 4.74 Å². The fourth-order valence-corrected chi connectivity index (χ4v) is 2.04. The van der Waals surface area contributed by atoms with Crippen molar-refractivity contribution in [3.05, 3.63) is 35.9 Å². The number of halogens is 1. The lowest BCUT2D eigenvalue weighted by Gasteiger charge is -2.36. The average molecular weight is 270 g/mol. The van der Waals surface area contributed by atoms with E-state index in [2.05, 4.69) is 0 Å². The topological polar surface area (TPSA) is 87.0 Å². The summed E-state index contributed by atoms with van der Waals surface area (Å²) in [6.45, 7) is 0. The smallest absolute Gasteiger partial charge is 0.338 e. The predicted octanol–water partition coefficient (Wildman–Crippen LogP) is 0.0365. The second-order valence-electron chi connectivity index (χ2n) is 4.54. The fraction of sp³-hybridized carbons (Fsp3) is 0.462. The average Bonchev–Trinajstić information content (AvgIpc) is 2.42. The Morgan fingerprint density at radius 1 is 1.16 bits per heavy atom. The quantitative estimate of drug-likeness (QED) is 0.660. The van der Waals surface area contributed by atoms with E-state index in [0.717, 1.165) is 0 Å². The third kappa shape index (κ3) is 2.91. The van der Waals surface area contributed by atoms with Gasteiger partial charge in [-0.05, 0) is 12.1 Å². The van der Waals surface area contributed by atoms with Gasteiger partial charge in [0.05, 0.1) is 17.8 Å². The Balaban J connectivity index is 2.10. The second-order valence-corrected chi connectivity index (χ2v) is 4.54. The van der Waals surface area contributed by atoms with Crippen molar-refractivity contribution >= 4 is 5.97 Å². The number of carbonyl (C=O) groups excluding carboxylic acids is 1. The van der Waals surface area contributed by atoms with Crippen LogP contribution in [-0.4, -0.2) is 51.9 Å². The number of aliphatic hydroxyl groups is 3. The number of esters is 1. The van der Waals surface area contributed by atoms with Crippen LogP contribution < -0.4 is 0 Å². The predicted molar refractivity (Wildman–Crippen MR) is 63.2 cm³/mol. The Bertz CT molecular complexity index is 424. The molecule has 0 heterocycles. The summed E-state index contributed by atoms with van der Waals surface area (Å²) in [5, 5.41) is 28.5. The van der Waals surface area contributed by atoms with E-state index >= 15 is 0 Å². The van der Waals surface area contributed by atoms with Crippen molar-refractivity contribution in [1.82, 2.24) is 0 Å². The third-order valence-electron chi connectivity index (χ3n) is 3.15. The van der Waals surface area contributed by atoms with Gasteiger partial charge in [0, 0.05) is 6.42 Å². The number of benzene rings is 1. The first kappa shape index (κ1) is 13.9. The standard InChI is InChI=1S/C13H15FO5/c14-10-8(15)6-9(16)11(17)12(10)19-13(18)7-4-2-1-3-5-7/h1-5,8-12,15-17H,6H2/t8-,9+,10+,11-,12-/m0/s1. The number of hydrogen-bond donors (Lipinski definition) is 3. The van der Waals surface area contributed by atoms with E-state index in [-0.39, 0.29) is 12.0 Å². The molecule has 0 unspecified atom stereocenters. The SMILES string of the molecule is O=C(O[C@@H]1[C@@H](O)[C@H](O)C[C@H](O)[C@H]1F)c1ccccc1. The molecule has 1 aliphatic carbocycles. The van der Waals surface area contributed by atoms with Crippen molar-refractivity contribution in [3.8, 4) is 0 Å². The highest BCUT2D eigenvalue weighted by atomic mass is 19.1. The maximum absolute atomic E-state index is 13.7. The largest absolute Gasteiger partial charge is 0.453 e. The molecule has 19 heavy (non-hydrogen) atoms. The van der Waals surface area contributed by atoms with Crippen LogP contribution in [0.5, 0.6) is 0 Å². The van der Waals surface area contributed by atoms with Gasteiger partial charge in [-0.2, -0.15) is 0 Å². The number of hydrogen-bond acceptors (Lipinski definition) is 5. The van der Waals surface area contributed by atoms with Gasteiger partial charge in [-0.15, -0.1) is 0 Å². The maximum Gasteiger partial charge on any atom is 0.338 e. The monoisotopic (exact) mass is 270 g/mol. The number of carbonyl (C=O) groups is 1. The molecule has 0 spiro atoms. The first-order valence-electron chi connectivity index (χ1n) is 5.95. The van der Waals surface area contributed by atoms with Crippen LogP contribution in [-0.2, 0) is 4.74 Å². The highest BCUT2D eigenvalue weighted by molar-refractivity contribution is 5.89. The maximum atomic E-state index is 13.7. The molecule has 0 amide bonds. The van der Waals surface area contributed by atoms with Crippen LogP contribution in [0.4, 0.5) is 4.39 Å². The summed E-state index contributed by atoms with van der Waals surface area (Å²) < 4.78 is 18.6. The summed E-state index contributed by atoms with van der Waals surface area (Å²) >= 11 is 0. The van der Waals surface area contributed by atoms with Gasteiger partial charge in [0.2, 0.25) is 0 Å². The van der Waals surface area contributed by atoms with Crippen molar-refractivity contribution in [2.24, 2.45) is 0 Å². The number of aliphatic hydroxyl groups excluding tert-OH is 3. The van der Waals surface area contributed by atoms with Gasteiger partial charge < -0.3 is 20.1 Å². The van der Waals surface area contributed by atoms with Crippen LogP contribution in [0.3, 0.4) is 0 Å². The zero-order valence-electron chi connectivity index (χ0n) is 10.0. The molecule has 6 heteroatoms. The molecule has 1 fully saturated rings. The fourth-order valence-electron chi connectivity index (χ4n) is 2.04. The number of alkyl halides is 1. The van der Waals surface area contributed by atoms with E-state index in [1.807, 2.05) is 0 Å². The van der Waals surface area contributed by atoms with Gasteiger partial charge in [0.1, 0.15) is 6.10 Å². The first-order valence-corrected chi connectivity index (χ1v) is 5.95. The zero-order valence-corrected chi connectivity index (χ0v) is 10.0. The van der Waals surface area contributed by atoms with E-state index in [1.165, 1.54) is 12.1 Å². The Morgan fingerprint density at radius 2 is 1.79 bits per heavy atom. The molecular formula is C13H15FO5. The van der Waals surface area contributed by atoms with Crippen LogP contribution >= 0.6 is 0 Å². The van der Waals surface area contributed by atoms with E-state index < -0.39 is 36.6 Å². The molecule has 0 aromatic heterocycles. The minimum absolute atomic E-state index is 0.205. The van der Waals surface area contributed by atoms with Gasteiger partial charge in [0.25, 0.3) is 0 Å². The summed E-state index contributed by atoms with van der Waals surface area (Å²) in [7, 11) is 0. The molecule has 1 saturated carbocycles. The third-order valence-corrected chi connectivity index (χ3v) is 3.15. The van der Waals surface area contributed by atoms with Gasteiger partial charge in [-0.3, -0.25) is 0 Å². The lowest BCUT2D eigenvalue weighted by molar-refractivity contribution is -0.157. The molecular weight excluding hydrogens is 255 g/mol. The van der Waals surface area contributed by atoms with Crippen molar-refractivity contribution in [2.45, 2.75) is 37.0 Å². The van der Waals surface area contributed by atoms with Gasteiger partial charge in [-0.1, -0.05) is 18.2 Å². The summed E-state index contributed by atoms with van der Waals surface area (Å²) in [6.07, 6.45) is -8.13. The molecule has 104 valence electrons. The molecule has 0 bridgehead atoms. The minimum Gasteiger partial charge on any atom is -0.453 e. The van der Waals surface area contributed by atoms with Gasteiger partial charge in [-0.25, -0.2) is 9.18 Å². The summed E-state index contributed by atoms with van der Waals surface area (Å²) in [4.78, 5) is 11.8. The van der Waals surface area contributed by atoms with Crippen LogP contribution in [0, 0.1) is 0 Å². The van der Waals surface area contributed by atoms with Crippen LogP contribution in [0.2, 0.25) is 0 Å². The van der Waals surface area contributed by atoms with Gasteiger partial charge in [0.15, 0.2) is 12.3 Å². The van der Waals surface area contributed by atoms with E-state index in [1.54, 1.807) is 18.2 Å². The van der Waals surface area contributed by atoms with Crippen molar-refractivity contribution in [2.75, 3.05) is 0 Å². The van der Waals surface area contributed by atoms with Crippen molar-refractivity contribution in [1.29, 1.82) is 0 Å². The molecule has 3 N–H and O–H groups in total. The van der Waals surface area contributed by atoms with Crippen LogP contribution in [0.15, 0.2) is 30.3 Å². The number of rotatable bonds is 2. The molecule has 0 saturated heterocycles. The lowest BCUT2D eigenvalue weighted by atomic mass is 9.88. The van der Waals surface area contributed by atoms with E-state index in [9.17, 15) is 24.5 Å². The molecule has 5 nitrogen and oxygen atoms in total. The Hall–Kier alpha value is -1.50.